The average Bonchev–Trinajstić information content (AvgIpc) is 3.13. The van der Waals surface area contributed by atoms with Gasteiger partial charge in [-0.15, -0.1) is 0 Å². The molecule has 1 aromatic heterocycles. The van der Waals surface area contributed by atoms with Crippen LogP contribution in [0.2, 0.25) is 0 Å². The molecule has 0 bridgehead atoms. The summed E-state index contributed by atoms with van der Waals surface area (Å²) in [5, 5.41) is 3.11. The molecule has 1 N–H and O–H groups in total. The second kappa shape index (κ2) is 9.50. The summed E-state index contributed by atoms with van der Waals surface area (Å²) in [7, 11) is 0. The molecule has 0 spiro atoms. The maximum atomic E-state index is 13.2. The molecule has 3 heterocycles. The first kappa shape index (κ1) is 22.0. The molecule has 2 aliphatic rings. The van der Waals surface area contributed by atoms with Gasteiger partial charge >= 0.3 is 6.09 Å². The van der Waals surface area contributed by atoms with E-state index in [0.29, 0.717) is 50.7 Å². The van der Waals surface area contributed by atoms with E-state index in [-0.39, 0.29) is 17.6 Å². The van der Waals surface area contributed by atoms with E-state index in [0.717, 1.165) is 12.8 Å². The number of carbonyl (C=O) groups is 2. The molecular weight excluding hydrogens is 413 g/mol. The third-order valence-electron chi connectivity index (χ3n) is 6.28. The van der Waals surface area contributed by atoms with Gasteiger partial charge in [-0.05, 0) is 56.5 Å². The Bertz CT molecular complexity index is 934. The van der Waals surface area contributed by atoms with Crippen molar-refractivity contribution < 1.29 is 18.7 Å². The van der Waals surface area contributed by atoms with Gasteiger partial charge in [0.25, 0.3) is 0 Å². The fraction of sp³-hybridized carbons (Fsp3) is 0.478. The van der Waals surface area contributed by atoms with Crippen LogP contribution in [-0.4, -0.2) is 58.6 Å². The van der Waals surface area contributed by atoms with Crippen molar-refractivity contribution in [2.75, 3.05) is 36.4 Å². The Morgan fingerprint density at radius 3 is 2.59 bits per heavy atom. The first-order valence-electron chi connectivity index (χ1n) is 11.0. The first-order chi connectivity index (χ1) is 15.4. The topological polar surface area (TPSA) is 87.7 Å². The highest BCUT2D eigenvalue weighted by molar-refractivity contribution is 5.90. The van der Waals surface area contributed by atoms with Crippen LogP contribution in [0.25, 0.3) is 0 Å². The molecule has 2 fully saturated rings. The normalized spacial score (nSPS) is 21.5. The van der Waals surface area contributed by atoms with E-state index < -0.39 is 11.7 Å². The summed E-state index contributed by atoms with van der Waals surface area (Å²) in [6.07, 6.45) is 5.67. The molecule has 0 radical (unpaired) electrons. The van der Waals surface area contributed by atoms with Gasteiger partial charge in [-0.3, -0.25) is 9.69 Å². The minimum absolute atomic E-state index is 0.140. The molecule has 9 heteroatoms. The standard InChI is InChI=1S/C23H28FN5O3/c1-23(16-29(22(31)32-23)19-7-5-18(24)6-8-19)17-9-14-28(15-10-17)20(30)4-2-11-25-21-26-12-3-13-27-21/h3,5-8,12-13,17H,2,4,9-11,14-16H2,1H3,(H,25,26,27). The van der Waals surface area contributed by atoms with Gasteiger partial charge in [0.2, 0.25) is 11.9 Å². The lowest BCUT2D eigenvalue weighted by molar-refractivity contribution is -0.133. The summed E-state index contributed by atoms with van der Waals surface area (Å²) >= 11 is 0. The van der Waals surface area contributed by atoms with Gasteiger partial charge in [0.1, 0.15) is 11.4 Å². The quantitative estimate of drug-likeness (QED) is 0.662. The zero-order valence-electron chi connectivity index (χ0n) is 18.2. The number of ether oxygens (including phenoxy) is 1. The number of halogens is 1. The van der Waals surface area contributed by atoms with Gasteiger partial charge < -0.3 is 15.0 Å². The number of likely N-dealkylation sites (tertiary alicyclic amines) is 1. The fourth-order valence-electron chi connectivity index (χ4n) is 4.42. The Labute approximate surface area is 186 Å². The maximum Gasteiger partial charge on any atom is 0.415 e. The number of amides is 2. The number of aromatic nitrogens is 2. The highest BCUT2D eigenvalue weighted by Crippen LogP contribution is 2.38. The van der Waals surface area contributed by atoms with Gasteiger partial charge in [0.05, 0.1) is 6.54 Å². The van der Waals surface area contributed by atoms with E-state index in [1.54, 1.807) is 35.5 Å². The van der Waals surface area contributed by atoms with Crippen molar-refractivity contribution >= 4 is 23.6 Å². The van der Waals surface area contributed by atoms with Crippen LogP contribution < -0.4 is 10.2 Å². The van der Waals surface area contributed by atoms with Crippen molar-refractivity contribution in [1.82, 2.24) is 14.9 Å². The van der Waals surface area contributed by atoms with Crippen molar-refractivity contribution in [1.29, 1.82) is 0 Å². The summed E-state index contributed by atoms with van der Waals surface area (Å²) in [6.45, 7) is 4.32. The average molecular weight is 442 g/mol. The predicted molar refractivity (Wildman–Crippen MR) is 118 cm³/mol. The second-order valence-electron chi connectivity index (χ2n) is 8.50. The molecule has 1 atom stereocenters. The summed E-state index contributed by atoms with van der Waals surface area (Å²) < 4.78 is 19.0. The van der Waals surface area contributed by atoms with Crippen LogP contribution in [-0.2, 0) is 9.53 Å². The highest BCUT2D eigenvalue weighted by Gasteiger charge is 2.48. The lowest BCUT2D eigenvalue weighted by Gasteiger charge is -2.39. The number of carbonyl (C=O) groups excluding carboxylic acids is 2. The number of hydrogen-bond donors (Lipinski definition) is 1. The number of hydrogen-bond acceptors (Lipinski definition) is 6. The minimum atomic E-state index is -0.625. The Morgan fingerprint density at radius 2 is 1.91 bits per heavy atom. The minimum Gasteiger partial charge on any atom is -0.441 e. The fourth-order valence-corrected chi connectivity index (χ4v) is 4.42. The molecule has 32 heavy (non-hydrogen) atoms. The van der Waals surface area contributed by atoms with Crippen LogP contribution in [0.5, 0.6) is 0 Å². The summed E-state index contributed by atoms with van der Waals surface area (Å²) in [5.74, 6) is 0.527. The van der Waals surface area contributed by atoms with E-state index in [9.17, 15) is 14.0 Å². The van der Waals surface area contributed by atoms with Crippen LogP contribution in [0.4, 0.5) is 20.8 Å². The van der Waals surface area contributed by atoms with E-state index >= 15 is 0 Å². The zero-order chi connectivity index (χ0) is 22.6. The number of rotatable bonds is 7. The van der Waals surface area contributed by atoms with Crippen molar-refractivity contribution in [3.05, 3.63) is 48.5 Å². The van der Waals surface area contributed by atoms with Crippen LogP contribution in [0.3, 0.4) is 0 Å². The van der Waals surface area contributed by atoms with Crippen LogP contribution in [0, 0.1) is 11.7 Å². The van der Waals surface area contributed by atoms with Crippen molar-refractivity contribution in [3.8, 4) is 0 Å². The van der Waals surface area contributed by atoms with Crippen molar-refractivity contribution in [3.63, 3.8) is 0 Å². The van der Waals surface area contributed by atoms with Crippen LogP contribution in [0.1, 0.15) is 32.6 Å². The zero-order valence-corrected chi connectivity index (χ0v) is 18.2. The molecule has 1 aromatic carbocycles. The Balaban J connectivity index is 1.23. The summed E-state index contributed by atoms with van der Waals surface area (Å²) in [4.78, 5) is 36.7. The second-order valence-corrected chi connectivity index (χ2v) is 8.50. The van der Waals surface area contributed by atoms with Gasteiger partial charge in [-0.2, -0.15) is 0 Å². The largest absolute Gasteiger partial charge is 0.441 e. The molecule has 1 unspecified atom stereocenters. The molecular formula is C23H28FN5O3. The number of benzene rings is 1. The molecule has 2 aromatic rings. The van der Waals surface area contributed by atoms with E-state index in [4.69, 9.17) is 4.74 Å². The SMILES string of the molecule is CC1(C2CCN(C(=O)CCCNc3ncccn3)CC2)CN(c2ccc(F)cc2)C(=O)O1. The summed E-state index contributed by atoms with van der Waals surface area (Å²) in [5.41, 5.74) is 0.00229. The molecule has 4 rings (SSSR count). The van der Waals surface area contributed by atoms with Gasteiger partial charge in [-0.25, -0.2) is 19.2 Å². The molecule has 170 valence electrons. The van der Waals surface area contributed by atoms with E-state index in [1.807, 2.05) is 11.8 Å². The monoisotopic (exact) mass is 441 g/mol. The lowest BCUT2D eigenvalue weighted by atomic mass is 9.81. The number of nitrogens with zero attached hydrogens (tertiary/aromatic N) is 4. The molecule has 2 saturated heterocycles. The Kier molecular flexibility index (Phi) is 6.53. The van der Waals surface area contributed by atoms with Crippen LogP contribution >= 0.6 is 0 Å². The highest BCUT2D eigenvalue weighted by atomic mass is 19.1. The molecule has 2 amide bonds. The van der Waals surface area contributed by atoms with Crippen molar-refractivity contribution in [2.45, 2.75) is 38.2 Å². The maximum absolute atomic E-state index is 13.2. The first-order valence-corrected chi connectivity index (χ1v) is 11.0. The number of piperidine rings is 1. The van der Waals surface area contributed by atoms with Gasteiger partial charge in [-0.1, -0.05) is 0 Å². The Morgan fingerprint density at radius 1 is 1.22 bits per heavy atom. The van der Waals surface area contributed by atoms with Gasteiger partial charge in [0, 0.05) is 50.1 Å². The smallest absolute Gasteiger partial charge is 0.415 e. The Hall–Kier alpha value is -3.23. The predicted octanol–water partition coefficient (Wildman–Crippen LogP) is 3.46. The lowest BCUT2D eigenvalue weighted by Crippen LogP contribution is -2.47. The number of nitrogens with one attached hydrogen (secondary N) is 1. The van der Waals surface area contributed by atoms with E-state index in [2.05, 4.69) is 15.3 Å². The van der Waals surface area contributed by atoms with Crippen molar-refractivity contribution in [2.24, 2.45) is 5.92 Å². The number of cyclic esters (lactones) is 1. The van der Waals surface area contributed by atoms with E-state index in [1.165, 1.54) is 12.1 Å². The molecule has 0 aliphatic carbocycles. The third kappa shape index (κ3) is 4.98. The molecule has 0 saturated carbocycles. The number of anilines is 2. The van der Waals surface area contributed by atoms with Gasteiger partial charge in [0.15, 0.2) is 0 Å². The summed E-state index contributed by atoms with van der Waals surface area (Å²) in [6, 6.07) is 7.60. The third-order valence-corrected chi connectivity index (χ3v) is 6.28. The van der Waals surface area contributed by atoms with Crippen LogP contribution in [0.15, 0.2) is 42.7 Å². The molecule has 2 aliphatic heterocycles. The molecule has 8 nitrogen and oxygen atoms in total.